The van der Waals surface area contributed by atoms with Crippen LogP contribution in [-0.2, 0) is 35.0 Å². The van der Waals surface area contributed by atoms with Crippen molar-refractivity contribution in [3.8, 4) is 0 Å². The first kappa shape index (κ1) is 32.0. The summed E-state index contributed by atoms with van der Waals surface area (Å²) in [7, 11) is 3.17. The van der Waals surface area contributed by atoms with E-state index >= 15 is 4.39 Å². The first-order valence-corrected chi connectivity index (χ1v) is 13.7. The first-order chi connectivity index (χ1) is 20.4. The molecule has 43 heavy (non-hydrogen) atoms. The Hall–Kier alpha value is -3.92. The van der Waals surface area contributed by atoms with Crippen LogP contribution in [0.25, 0.3) is 11.2 Å². The summed E-state index contributed by atoms with van der Waals surface area (Å²) in [6.07, 6.45) is -5.74. The molecule has 1 aliphatic heterocycles. The van der Waals surface area contributed by atoms with E-state index in [-0.39, 0.29) is 41.4 Å². The molecule has 0 saturated carbocycles. The van der Waals surface area contributed by atoms with Gasteiger partial charge in [0.15, 0.2) is 23.9 Å². The van der Waals surface area contributed by atoms with Crippen molar-refractivity contribution in [2.75, 3.05) is 39.6 Å². The molecule has 4 rings (SSSR count). The summed E-state index contributed by atoms with van der Waals surface area (Å²) in [5.74, 6) is -2.47. The fourth-order valence-electron chi connectivity index (χ4n) is 4.64. The Bertz CT molecular complexity index is 1490. The number of rotatable bonds is 11. The summed E-state index contributed by atoms with van der Waals surface area (Å²) in [6, 6.07) is 6.28. The Kier molecular flexibility index (Phi) is 9.79. The SMILES string of the molecule is CCOC(=O)C(Cc1cccc(C(=O)N(C)C)c1)(OC[C@H]1O[C@@H](n2cnc3c(N)nc(Cl)nc32)[C@@H](F)[C@@H]1O)C(=O)OCC. The standard InChI is InChI=1S/C27H32ClFN6O8/c1-5-40-24(38)27(25(39)41-6-2,11-14-8-7-9-15(10-14)22(37)34(3)4)42-12-16-19(36)17(29)23(43-16)35-13-31-18-20(30)32-26(28)33-21(18)35/h7-10,13,16-17,19,23,36H,5-6,11-12H2,1-4H3,(H2,30,32,33)/t16-,17+,19-,23-/m1/s1. The van der Waals surface area contributed by atoms with Crippen molar-refractivity contribution >= 4 is 46.4 Å². The van der Waals surface area contributed by atoms with E-state index in [0.29, 0.717) is 11.1 Å². The number of benzene rings is 1. The number of hydrogen-bond acceptors (Lipinski definition) is 12. The third kappa shape index (κ3) is 6.39. The number of imidazole rings is 1. The minimum absolute atomic E-state index is 0.0346. The van der Waals surface area contributed by atoms with Gasteiger partial charge in [-0.2, -0.15) is 9.97 Å². The van der Waals surface area contributed by atoms with E-state index in [1.165, 1.54) is 21.9 Å². The molecule has 3 heterocycles. The van der Waals surface area contributed by atoms with Gasteiger partial charge >= 0.3 is 11.9 Å². The number of anilines is 1. The van der Waals surface area contributed by atoms with E-state index in [1.807, 2.05) is 0 Å². The van der Waals surface area contributed by atoms with Crippen LogP contribution in [0.2, 0.25) is 5.28 Å². The van der Waals surface area contributed by atoms with Gasteiger partial charge < -0.3 is 34.7 Å². The maximum atomic E-state index is 15.4. The van der Waals surface area contributed by atoms with Crippen LogP contribution < -0.4 is 5.73 Å². The summed E-state index contributed by atoms with van der Waals surface area (Å²) < 4.78 is 38.8. The van der Waals surface area contributed by atoms with Crippen LogP contribution in [0.3, 0.4) is 0 Å². The third-order valence-corrected chi connectivity index (χ3v) is 6.90. The van der Waals surface area contributed by atoms with Crippen LogP contribution in [-0.4, -0.2) is 105 Å². The highest BCUT2D eigenvalue weighted by atomic mass is 35.5. The van der Waals surface area contributed by atoms with Gasteiger partial charge in [-0.15, -0.1) is 0 Å². The fourth-order valence-corrected chi connectivity index (χ4v) is 4.81. The number of carbonyl (C=O) groups is 3. The van der Waals surface area contributed by atoms with Crippen LogP contribution in [0.5, 0.6) is 0 Å². The van der Waals surface area contributed by atoms with E-state index < -0.39 is 55.2 Å². The first-order valence-electron chi connectivity index (χ1n) is 13.4. The second kappa shape index (κ2) is 13.2. The van der Waals surface area contributed by atoms with Gasteiger partial charge in [0.25, 0.3) is 11.5 Å². The molecule has 4 atom stereocenters. The Labute approximate surface area is 250 Å². The van der Waals surface area contributed by atoms with Gasteiger partial charge in [-0.1, -0.05) is 12.1 Å². The molecule has 1 aliphatic rings. The maximum absolute atomic E-state index is 15.4. The number of nitrogens with two attached hydrogens (primary N) is 1. The summed E-state index contributed by atoms with van der Waals surface area (Å²) in [6.45, 7) is 2.27. The minimum atomic E-state index is -2.38. The molecule has 14 nitrogen and oxygen atoms in total. The number of esters is 2. The average Bonchev–Trinajstić information content (AvgIpc) is 3.51. The van der Waals surface area contributed by atoms with E-state index in [4.69, 9.17) is 36.3 Å². The van der Waals surface area contributed by atoms with E-state index in [2.05, 4.69) is 15.0 Å². The summed E-state index contributed by atoms with van der Waals surface area (Å²) in [5.41, 5.74) is 4.36. The van der Waals surface area contributed by atoms with Crippen LogP contribution in [0.4, 0.5) is 10.2 Å². The van der Waals surface area contributed by atoms with Crippen molar-refractivity contribution in [2.24, 2.45) is 0 Å². The molecule has 1 fully saturated rings. The molecule has 0 radical (unpaired) electrons. The molecule has 0 spiro atoms. The highest BCUT2D eigenvalue weighted by Gasteiger charge is 2.53. The van der Waals surface area contributed by atoms with Crippen molar-refractivity contribution < 1.29 is 42.8 Å². The van der Waals surface area contributed by atoms with Crippen molar-refractivity contribution in [2.45, 2.75) is 50.5 Å². The molecule has 16 heteroatoms. The lowest BCUT2D eigenvalue weighted by atomic mass is 9.92. The molecule has 2 aromatic heterocycles. The molecule has 0 unspecified atom stereocenters. The normalized spacial score (nSPS) is 20.3. The van der Waals surface area contributed by atoms with Crippen molar-refractivity contribution in [3.63, 3.8) is 0 Å². The topological polar surface area (TPSA) is 181 Å². The second-order valence-corrected chi connectivity index (χ2v) is 10.2. The predicted octanol–water partition coefficient (Wildman–Crippen LogP) is 1.48. The maximum Gasteiger partial charge on any atom is 0.350 e. The van der Waals surface area contributed by atoms with Gasteiger partial charge in [0.05, 0.1) is 26.1 Å². The zero-order chi connectivity index (χ0) is 31.5. The highest BCUT2D eigenvalue weighted by Crippen LogP contribution is 2.35. The summed E-state index contributed by atoms with van der Waals surface area (Å²) >= 11 is 5.92. The predicted molar refractivity (Wildman–Crippen MR) is 150 cm³/mol. The Balaban J connectivity index is 1.65. The minimum Gasteiger partial charge on any atom is -0.463 e. The quantitative estimate of drug-likeness (QED) is 0.179. The molecule has 0 aliphatic carbocycles. The Morgan fingerprint density at radius 1 is 1.19 bits per heavy atom. The number of amides is 1. The lowest BCUT2D eigenvalue weighted by molar-refractivity contribution is -0.197. The number of carbonyl (C=O) groups excluding carboxylic acids is 3. The lowest BCUT2D eigenvalue weighted by Gasteiger charge is -2.31. The molecular weight excluding hydrogens is 591 g/mol. The Morgan fingerprint density at radius 3 is 2.49 bits per heavy atom. The zero-order valence-corrected chi connectivity index (χ0v) is 24.7. The number of ether oxygens (including phenoxy) is 4. The summed E-state index contributed by atoms with van der Waals surface area (Å²) in [4.78, 5) is 52.6. The van der Waals surface area contributed by atoms with Crippen LogP contribution in [0, 0.1) is 0 Å². The molecule has 0 bridgehead atoms. The fraction of sp³-hybridized carbons (Fsp3) is 0.481. The highest BCUT2D eigenvalue weighted by molar-refractivity contribution is 6.28. The molecule has 232 valence electrons. The van der Waals surface area contributed by atoms with E-state index in [1.54, 1.807) is 46.1 Å². The van der Waals surface area contributed by atoms with Gasteiger partial charge in [0.2, 0.25) is 5.28 Å². The number of halogens is 2. The van der Waals surface area contributed by atoms with E-state index in [9.17, 15) is 19.5 Å². The molecule has 1 amide bonds. The zero-order valence-electron chi connectivity index (χ0n) is 23.9. The average molecular weight is 623 g/mol. The van der Waals surface area contributed by atoms with Crippen molar-refractivity contribution in [3.05, 3.63) is 47.0 Å². The van der Waals surface area contributed by atoms with Crippen LogP contribution >= 0.6 is 11.6 Å². The largest absolute Gasteiger partial charge is 0.463 e. The van der Waals surface area contributed by atoms with Crippen LogP contribution in [0.1, 0.15) is 36.0 Å². The smallest absolute Gasteiger partial charge is 0.350 e. The summed E-state index contributed by atoms with van der Waals surface area (Å²) in [5, 5.41) is 10.6. The van der Waals surface area contributed by atoms with Gasteiger partial charge in [0, 0.05) is 26.1 Å². The number of fused-ring (bicyclic) bond motifs is 1. The second-order valence-electron chi connectivity index (χ2n) is 9.86. The number of aromatic nitrogens is 4. The van der Waals surface area contributed by atoms with Gasteiger partial charge in [0.1, 0.15) is 17.7 Å². The van der Waals surface area contributed by atoms with Crippen LogP contribution in [0.15, 0.2) is 30.6 Å². The van der Waals surface area contributed by atoms with E-state index in [0.717, 1.165) is 0 Å². The number of nitrogens with zero attached hydrogens (tertiary/aromatic N) is 5. The Morgan fingerprint density at radius 2 is 1.86 bits per heavy atom. The third-order valence-electron chi connectivity index (χ3n) is 6.73. The molecule has 1 aromatic carbocycles. The number of alkyl halides is 1. The molecule has 1 saturated heterocycles. The molecule has 3 N–H and O–H groups in total. The van der Waals surface area contributed by atoms with Gasteiger partial charge in [-0.25, -0.2) is 19.0 Å². The number of aliphatic hydroxyl groups is 1. The monoisotopic (exact) mass is 622 g/mol. The molecular formula is C27H32ClFN6O8. The number of nitrogen functional groups attached to an aromatic ring is 1. The van der Waals surface area contributed by atoms with Crippen molar-refractivity contribution in [1.29, 1.82) is 0 Å². The number of hydrogen-bond donors (Lipinski definition) is 2. The number of aliphatic hydroxyl groups excluding tert-OH is 1. The van der Waals surface area contributed by atoms with Crippen molar-refractivity contribution in [1.82, 2.24) is 24.4 Å². The van der Waals surface area contributed by atoms with Gasteiger partial charge in [-0.3, -0.25) is 9.36 Å². The lowest BCUT2D eigenvalue weighted by Crippen LogP contribution is -2.54. The molecule has 3 aromatic rings. The van der Waals surface area contributed by atoms with Gasteiger partial charge in [-0.05, 0) is 43.1 Å².